The first-order chi connectivity index (χ1) is 14.2. The molecule has 2 aromatic heterocycles. The van der Waals surface area contributed by atoms with Gasteiger partial charge in [-0.15, -0.1) is 0 Å². The monoisotopic (exact) mass is 387 g/mol. The topological polar surface area (TPSA) is 59.0 Å². The van der Waals surface area contributed by atoms with Crippen molar-refractivity contribution in [1.82, 2.24) is 14.9 Å². The molecule has 0 saturated heterocycles. The van der Waals surface area contributed by atoms with Gasteiger partial charge >= 0.3 is 0 Å². The lowest BCUT2D eigenvalue weighted by atomic mass is 9.91. The number of aryl methyl sites for hydroxylation is 2. The van der Waals surface area contributed by atoms with E-state index in [4.69, 9.17) is 4.74 Å². The van der Waals surface area contributed by atoms with Crippen LogP contribution in [0.2, 0.25) is 0 Å². The number of hydrogen-bond acceptors (Lipinski definition) is 2. The smallest absolute Gasteiger partial charge is 0.222 e. The Labute approximate surface area is 169 Å². The summed E-state index contributed by atoms with van der Waals surface area (Å²) in [6.45, 7) is 0.661. The Morgan fingerprint density at radius 3 is 3.03 bits per heavy atom. The number of para-hydroxylation sites is 1. The van der Waals surface area contributed by atoms with Crippen LogP contribution in [0.4, 0.5) is 0 Å². The number of hydrogen-bond donors (Lipinski definition) is 2. The van der Waals surface area contributed by atoms with E-state index in [2.05, 4.69) is 45.2 Å². The highest BCUT2D eigenvalue weighted by molar-refractivity contribution is 5.86. The van der Waals surface area contributed by atoms with E-state index >= 15 is 0 Å². The summed E-state index contributed by atoms with van der Waals surface area (Å²) in [5.41, 5.74) is 4.83. The Morgan fingerprint density at radius 1 is 1.24 bits per heavy atom. The lowest BCUT2D eigenvalue weighted by molar-refractivity contribution is -0.122. The van der Waals surface area contributed by atoms with E-state index in [1.165, 1.54) is 16.6 Å². The fourth-order valence-corrected chi connectivity index (χ4v) is 4.55. The number of methoxy groups -OCH3 is 1. The molecule has 0 aliphatic heterocycles. The van der Waals surface area contributed by atoms with Crippen molar-refractivity contribution in [3.8, 4) is 5.75 Å². The summed E-state index contributed by atoms with van der Waals surface area (Å²) in [6, 6.07) is 16.6. The SMILES string of the molecule is COc1ccc2c(ccn2CCC(=O)N[C@@H]2CCCc3c2[nH]c2ccccc32)c1. The van der Waals surface area contributed by atoms with Gasteiger partial charge in [-0.05, 0) is 55.2 Å². The Balaban J connectivity index is 1.29. The molecule has 5 nitrogen and oxygen atoms in total. The largest absolute Gasteiger partial charge is 0.497 e. The van der Waals surface area contributed by atoms with Crippen molar-refractivity contribution in [1.29, 1.82) is 0 Å². The van der Waals surface area contributed by atoms with E-state index in [0.29, 0.717) is 13.0 Å². The van der Waals surface area contributed by atoms with Crippen LogP contribution in [0.3, 0.4) is 0 Å². The third-order valence-corrected chi connectivity index (χ3v) is 6.01. The van der Waals surface area contributed by atoms with Crippen LogP contribution in [-0.2, 0) is 17.8 Å². The molecule has 5 rings (SSSR count). The molecule has 4 aromatic rings. The third-order valence-electron chi connectivity index (χ3n) is 6.01. The first kappa shape index (κ1) is 17.9. The second-order valence-corrected chi connectivity index (χ2v) is 7.76. The highest BCUT2D eigenvalue weighted by atomic mass is 16.5. The molecule has 2 heterocycles. The molecule has 0 saturated carbocycles. The zero-order valence-electron chi connectivity index (χ0n) is 16.6. The number of nitrogens with zero attached hydrogens (tertiary/aromatic N) is 1. The number of aromatic amines is 1. The molecular weight excluding hydrogens is 362 g/mol. The Bertz CT molecular complexity index is 1190. The van der Waals surface area contributed by atoms with Gasteiger partial charge in [-0.3, -0.25) is 4.79 Å². The fourth-order valence-electron chi connectivity index (χ4n) is 4.55. The number of rotatable bonds is 5. The van der Waals surface area contributed by atoms with Gasteiger partial charge in [0.25, 0.3) is 0 Å². The highest BCUT2D eigenvalue weighted by Crippen LogP contribution is 2.34. The number of benzene rings is 2. The summed E-state index contributed by atoms with van der Waals surface area (Å²) in [7, 11) is 1.67. The van der Waals surface area contributed by atoms with Gasteiger partial charge in [-0.25, -0.2) is 0 Å². The van der Waals surface area contributed by atoms with Crippen molar-refractivity contribution in [2.24, 2.45) is 0 Å². The van der Waals surface area contributed by atoms with Crippen molar-refractivity contribution in [3.05, 3.63) is 66.0 Å². The molecule has 2 aromatic carbocycles. The summed E-state index contributed by atoms with van der Waals surface area (Å²) in [4.78, 5) is 16.3. The number of fused-ring (bicyclic) bond motifs is 4. The van der Waals surface area contributed by atoms with Gasteiger partial charge in [0.15, 0.2) is 0 Å². The van der Waals surface area contributed by atoms with Crippen molar-refractivity contribution >= 4 is 27.7 Å². The molecule has 1 aliphatic carbocycles. The molecule has 5 heteroatoms. The summed E-state index contributed by atoms with van der Waals surface area (Å²) in [5.74, 6) is 0.941. The van der Waals surface area contributed by atoms with Gasteiger partial charge in [-0.2, -0.15) is 0 Å². The predicted octanol–water partition coefficient (Wildman–Crippen LogP) is 4.72. The number of H-pyrrole nitrogens is 1. The zero-order chi connectivity index (χ0) is 19.8. The molecule has 0 unspecified atom stereocenters. The highest BCUT2D eigenvalue weighted by Gasteiger charge is 2.25. The van der Waals surface area contributed by atoms with E-state index in [-0.39, 0.29) is 11.9 Å². The molecule has 1 amide bonds. The number of ether oxygens (including phenoxy) is 1. The minimum atomic E-state index is 0.0734. The van der Waals surface area contributed by atoms with E-state index in [1.807, 2.05) is 24.4 Å². The van der Waals surface area contributed by atoms with Crippen LogP contribution >= 0.6 is 0 Å². The number of carbonyl (C=O) groups is 1. The molecule has 29 heavy (non-hydrogen) atoms. The quantitative estimate of drug-likeness (QED) is 0.521. The number of amides is 1. The van der Waals surface area contributed by atoms with Crippen molar-refractivity contribution in [3.63, 3.8) is 0 Å². The summed E-state index contributed by atoms with van der Waals surface area (Å²) < 4.78 is 7.42. The third kappa shape index (κ3) is 3.27. The van der Waals surface area contributed by atoms with Crippen LogP contribution in [0.1, 0.15) is 36.6 Å². The van der Waals surface area contributed by atoms with Crippen molar-refractivity contribution in [2.75, 3.05) is 7.11 Å². The van der Waals surface area contributed by atoms with Gasteiger partial charge in [0, 0.05) is 46.7 Å². The van der Waals surface area contributed by atoms with Gasteiger partial charge in [0.2, 0.25) is 5.91 Å². The summed E-state index contributed by atoms with van der Waals surface area (Å²) in [5, 5.41) is 5.67. The zero-order valence-corrected chi connectivity index (χ0v) is 16.6. The second kappa shape index (κ2) is 7.32. The molecule has 0 fully saturated rings. The Morgan fingerprint density at radius 2 is 2.14 bits per heavy atom. The molecule has 2 N–H and O–H groups in total. The van der Waals surface area contributed by atoms with Crippen LogP contribution < -0.4 is 10.1 Å². The second-order valence-electron chi connectivity index (χ2n) is 7.76. The number of carbonyl (C=O) groups excluding carboxylic acids is 1. The maximum absolute atomic E-state index is 12.7. The van der Waals surface area contributed by atoms with E-state index in [0.717, 1.165) is 41.4 Å². The lowest BCUT2D eigenvalue weighted by Gasteiger charge is -2.24. The minimum absolute atomic E-state index is 0.0734. The maximum atomic E-state index is 12.7. The van der Waals surface area contributed by atoms with Gasteiger partial charge < -0.3 is 19.6 Å². The first-order valence-electron chi connectivity index (χ1n) is 10.2. The first-order valence-corrected chi connectivity index (χ1v) is 10.2. The average Bonchev–Trinajstić information content (AvgIpc) is 3.33. The van der Waals surface area contributed by atoms with Crippen LogP contribution in [0, 0.1) is 0 Å². The Kier molecular flexibility index (Phi) is 4.51. The fraction of sp³-hybridized carbons (Fsp3) is 0.292. The van der Waals surface area contributed by atoms with Gasteiger partial charge in [0.1, 0.15) is 5.75 Å². The molecule has 1 aliphatic rings. The summed E-state index contributed by atoms with van der Waals surface area (Å²) >= 11 is 0. The molecule has 0 bridgehead atoms. The minimum Gasteiger partial charge on any atom is -0.497 e. The van der Waals surface area contributed by atoms with E-state index in [1.54, 1.807) is 7.11 Å². The average molecular weight is 387 g/mol. The van der Waals surface area contributed by atoms with Crippen LogP contribution in [0.5, 0.6) is 5.75 Å². The van der Waals surface area contributed by atoms with E-state index in [9.17, 15) is 4.79 Å². The number of nitrogens with one attached hydrogen (secondary N) is 2. The van der Waals surface area contributed by atoms with Crippen molar-refractivity contribution < 1.29 is 9.53 Å². The standard InChI is InChI=1S/C24H25N3O2/c1-29-17-9-10-22-16(15-17)11-13-27(22)14-12-23(28)25-21-8-4-6-19-18-5-2-3-7-20(18)26-24(19)21/h2-3,5,7,9-11,13,15,21,26H,4,6,8,12,14H2,1H3,(H,25,28)/t21-/m1/s1. The van der Waals surface area contributed by atoms with Crippen molar-refractivity contribution in [2.45, 2.75) is 38.3 Å². The lowest BCUT2D eigenvalue weighted by Crippen LogP contribution is -2.31. The van der Waals surface area contributed by atoms with Crippen LogP contribution in [0.25, 0.3) is 21.8 Å². The Hall–Kier alpha value is -3.21. The van der Waals surface area contributed by atoms with Gasteiger partial charge in [0.05, 0.1) is 13.2 Å². The van der Waals surface area contributed by atoms with Gasteiger partial charge in [-0.1, -0.05) is 18.2 Å². The predicted molar refractivity (Wildman–Crippen MR) is 115 cm³/mol. The molecule has 0 radical (unpaired) electrons. The molecular formula is C24H25N3O2. The van der Waals surface area contributed by atoms with Crippen LogP contribution in [0.15, 0.2) is 54.7 Å². The summed E-state index contributed by atoms with van der Waals surface area (Å²) in [6.07, 6.45) is 5.65. The molecule has 0 spiro atoms. The molecule has 148 valence electrons. The normalized spacial score (nSPS) is 16.1. The van der Waals surface area contributed by atoms with E-state index < -0.39 is 0 Å². The molecule has 1 atom stereocenters. The number of aromatic nitrogens is 2. The van der Waals surface area contributed by atoms with Crippen LogP contribution in [-0.4, -0.2) is 22.6 Å². The maximum Gasteiger partial charge on any atom is 0.222 e.